The fraction of sp³-hybridized carbons (Fsp3) is 0.500. The summed E-state index contributed by atoms with van der Waals surface area (Å²) in [6.45, 7) is 4.87. The number of amides is 1. The van der Waals surface area contributed by atoms with Crippen molar-refractivity contribution < 1.29 is 14.3 Å². The van der Waals surface area contributed by atoms with Gasteiger partial charge in [0.1, 0.15) is 5.69 Å². The lowest BCUT2D eigenvalue weighted by Gasteiger charge is -2.41. The summed E-state index contributed by atoms with van der Waals surface area (Å²) in [5.74, 6) is -0.0137. The SMILES string of the molecule is Cc1nc(C(=O)N2CCN(Cc3ccoc3)[C@H](CCO)C2)cs1. The largest absolute Gasteiger partial charge is 0.472 e. The van der Waals surface area contributed by atoms with E-state index in [2.05, 4.69) is 9.88 Å². The van der Waals surface area contributed by atoms with Gasteiger partial charge in [-0.2, -0.15) is 0 Å². The highest BCUT2D eigenvalue weighted by atomic mass is 32.1. The molecule has 0 spiro atoms. The Labute approximate surface area is 139 Å². The quantitative estimate of drug-likeness (QED) is 0.901. The minimum Gasteiger partial charge on any atom is -0.472 e. The number of aromatic nitrogens is 1. The average molecular weight is 335 g/mol. The number of aryl methyl sites for hydroxylation is 1. The van der Waals surface area contributed by atoms with Crippen LogP contribution >= 0.6 is 11.3 Å². The fourth-order valence-corrected chi connectivity index (χ4v) is 3.54. The number of carbonyl (C=O) groups excluding carboxylic acids is 1. The number of nitrogens with zero attached hydrogens (tertiary/aromatic N) is 3. The van der Waals surface area contributed by atoms with Crippen molar-refractivity contribution in [1.29, 1.82) is 0 Å². The van der Waals surface area contributed by atoms with E-state index in [-0.39, 0.29) is 18.6 Å². The summed E-state index contributed by atoms with van der Waals surface area (Å²) in [6.07, 6.45) is 4.06. The molecule has 3 heterocycles. The maximum Gasteiger partial charge on any atom is 0.273 e. The molecule has 1 saturated heterocycles. The van der Waals surface area contributed by atoms with E-state index in [0.717, 1.165) is 23.7 Å². The molecule has 6 nitrogen and oxygen atoms in total. The molecule has 3 rings (SSSR count). The molecule has 0 bridgehead atoms. The number of thiazole rings is 1. The van der Waals surface area contributed by atoms with Crippen LogP contribution in [-0.4, -0.2) is 58.1 Å². The van der Waals surface area contributed by atoms with Gasteiger partial charge >= 0.3 is 0 Å². The van der Waals surface area contributed by atoms with E-state index < -0.39 is 0 Å². The zero-order valence-corrected chi connectivity index (χ0v) is 14.0. The van der Waals surface area contributed by atoms with E-state index in [1.807, 2.05) is 23.3 Å². The molecule has 2 aromatic heterocycles. The first-order chi connectivity index (χ1) is 11.2. The summed E-state index contributed by atoms with van der Waals surface area (Å²) >= 11 is 1.49. The molecule has 1 aliphatic heterocycles. The number of furan rings is 1. The van der Waals surface area contributed by atoms with Crippen LogP contribution in [0, 0.1) is 6.92 Å². The number of rotatable bonds is 5. The van der Waals surface area contributed by atoms with Crippen molar-refractivity contribution in [1.82, 2.24) is 14.8 Å². The van der Waals surface area contributed by atoms with Crippen LogP contribution in [0.4, 0.5) is 0 Å². The topological polar surface area (TPSA) is 69.8 Å². The summed E-state index contributed by atoms with van der Waals surface area (Å²) in [7, 11) is 0. The first kappa shape index (κ1) is 16.2. The number of aliphatic hydroxyl groups is 1. The third kappa shape index (κ3) is 3.80. The number of carbonyl (C=O) groups is 1. The van der Waals surface area contributed by atoms with E-state index in [0.29, 0.717) is 25.2 Å². The molecule has 0 aliphatic carbocycles. The van der Waals surface area contributed by atoms with Gasteiger partial charge in [0.2, 0.25) is 0 Å². The van der Waals surface area contributed by atoms with E-state index in [9.17, 15) is 9.90 Å². The number of piperazine rings is 1. The zero-order valence-electron chi connectivity index (χ0n) is 13.1. The van der Waals surface area contributed by atoms with Gasteiger partial charge < -0.3 is 14.4 Å². The highest BCUT2D eigenvalue weighted by Crippen LogP contribution is 2.19. The predicted molar refractivity (Wildman–Crippen MR) is 87.4 cm³/mol. The Bertz CT molecular complexity index is 641. The van der Waals surface area contributed by atoms with E-state index >= 15 is 0 Å². The van der Waals surface area contributed by atoms with Crippen LogP contribution in [0.3, 0.4) is 0 Å². The van der Waals surface area contributed by atoms with Gasteiger partial charge in [0.15, 0.2) is 0 Å². The first-order valence-electron chi connectivity index (χ1n) is 7.74. The Morgan fingerprint density at radius 2 is 2.39 bits per heavy atom. The average Bonchev–Trinajstić information content (AvgIpc) is 3.20. The van der Waals surface area contributed by atoms with Gasteiger partial charge in [0, 0.05) is 49.8 Å². The van der Waals surface area contributed by atoms with Gasteiger partial charge in [0.25, 0.3) is 5.91 Å². The molecule has 0 unspecified atom stereocenters. The van der Waals surface area contributed by atoms with Crippen molar-refractivity contribution in [2.24, 2.45) is 0 Å². The molecular formula is C16H21N3O3S. The second-order valence-electron chi connectivity index (χ2n) is 5.77. The Morgan fingerprint density at radius 1 is 1.52 bits per heavy atom. The standard InChI is InChI=1S/C16H21N3O3S/c1-12-17-15(11-23-12)16(21)19-5-4-18(14(9-19)2-6-20)8-13-3-7-22-10-13/h3,7,10-11,14,20H,2,4-6,8-9H2,1H3/t14-/m1/s1. The third-order valence-electron chi connectivity index (χ3n) is 4.16. The Kier molecular flexibility index (Phi) is 5.09. The third-order valence-corrected chi connectivity index (χ3v) is 4.93. The minimum atomic E-state index is -0.0137. The highest BCUT2D eigenvalue weighted by molar-refractivity contribution is 7.09. The van der Waals surface area contributed by atoms with Gasteiger partial charge in [-0.05, 0) is 19.4 Å². The molecule has 124 valence electrons. The molecule has 1 amide bonds. The molecule has 1 aliphatic rings. The van der Waals surface area contributed by atoms with E-state index in [1.165, 1.54) is 11.3 Å². The lowest BCUT2D eigenvalue weighted by atomic mass is 10.1. The first-order valence-corrected chi connectivity index (χ1v) is 8.62. The van der Waals surface area contributed by atoms with Crippen LogP contribution in [0.2, 0.25) is 0 Å². The van der Waals surface area contributed by atoms with Crippen LogP contribution < -0.4 is 0 Å². The molecule has 0 radical (unpaired) electrons. The lowest BCUT2D eigenvalue weighted by Crippen LogP contribution is -2.54. The monoisotopic (exact) mass is 335 g/mol. The molecule has 7 heteroatoms. The summed E-state index contributed by atoms with van der Waals surface area (Å²) in [6, 6.07) is 2.10. The molecule has 1 atom stereocenters. The van der Waals surface area contributed by atoms with Gasteiger partial charge in [0.05, 0.1) is 17.5 Å². The summed E-state index contributed by atoms with van der Waals surface area (Å²) in [5, 5.41) is 12.1. The molecule has 0 saturated carbocycles. The van der Waals surface area contributed by atoms with Crippen molar-refractivity contribution in [2.75, 3.05) is 26.2 Å². The molecule has 0 aromatic carbocycles. The number of aliphatic hydroxyl groups excluding tert-OH is 1. The Hall–Kier alpha value is -1.70. The highest BCUT2D eigenvalue weighted by Gasteiger charge is 2.30. The molecule has 1 N–H and O–H groups in total. The van der Waals surface area contributed by atoms with Crippen LogP contribution in [0.15, 0.2) is 28.4 Å². The second-order valence-corrected chi connectivity index (χ2v) is 6.83. The van der Waals surface area contributed by atoms with Crippen LogP contribution in [0.25, 0.3) is 0 Å². The van der Waals surface area contributed by atoms with Gasteiger partial charge in [-0.1, -0.05) is 0 Å². The minimum absolute atomic E-state index is 0.0137. The maximum atomic E-state index is 12.6. The lowest BCUT2D eigenvalue weighted by molar-refractivity contribution is 0.0391. The van der Waals surface area contributed by atoms with Crippen LogP contribution in [-0.2, 0) is 6.54 Å². The van der Waals surface area contributed by atoms with Crippen molar-refractivity contribution in [3.05, 3.63) is 40.2 Å². The number of hydrogen-bond donors (Lipinski definition) is 1. The zero-order chi connectivity index (χ0) is 16.2. The van der Waals surface area contributed by atoms with Gasteiger partial charge in [-0.3, -0.25) is 9.69 Å². The second kappa shape index (κ2) is 7.25. The van der Waals surface area contributed by atoms with Gasteiger partial charge in [-0.25, -0.2) is 4.98 Å². The van der Waals surface area contributed by atoms with Crippen LogP contribution in [0.5, 0.6) is 0 Å². The van der Waals surface area contributed by atoms with Crippen molar-refractivity contribution >= 4 is 17.2 Å². The smallest absolute Gasteiger partial charge is 0.273 e. The predicted octanol–water partition coefficient (Wildman–Crippen LogP) is 1.75. The van der Waals surface area contributed by atoms with Crippen LogP contribution in [0.1, 0.15) is 27.5 Å². The van der Waals surface area contributed by atoms with E-state index in [4.69, 9.17) is 4.42 Å². The maximum absolute atomic E-state index is 12.6. The molecule has 1 fully saturated rings. The van der Waals surface area contributed by atoms with Crippen molar-refractivity contribution in [3.63, 3.8) is 0 Å². The van der Waals surface area contributed by atoms with Crippen molar-refractivity contribution in [2.45, 2.75) is 25.9 Å². The summed E-state index contributed by atoms with van der Waals surface area (Å²) in [5.41, 5.74) is 1.64. The molecule has 2 aromatic rings. The molecular weight excluding hydrogens is 314 g/mol. The summed E-state index contributed by atoms with van der Waals surface area (Å²) in [4.78, 5) is 21.0. The van der Waals surface area contributed by atoms with Gasteiger partial charge in [-0.15, -0.1) is 11.3 Å². The Morgan fingerprint density at radius 3 is 3.04 bits per heavy atom. The fourth-order valence-electron chi connectivity index (χ4n) is 2.95. The normalized spacial score (nSPS) is 19.2. The summed E-state index contributed by atoms with van der Waals surface area (Å²) < 4.78 is 5.12. The number of hydrogen-bond acceptors (Lipinski definition) is 6. The van der Waals surface area contributed by atoms with E-state index in [1.54, 1.807) is 12.5 Å². The van der Waals surface area contributed by atoms with Crippen molar-refractivity contribution in [3.8, 4) is 0 Å². The molecule has 23 heavy (non-hydrogen) atoms. The Balaban J connectivity index is 1.67.